The van der Waals surface area contributed by atoms with E-state index in [1.165, 1.54) is 0 Å². The van der Waals surface area contributed by atoms with E-state index in [2.05, 4.69) is 9.98 Å². The predicted molar refractivity (Wildman–Crippen MR) is 109 cm³/mol. The average Bonchev–Trinajstić information content (AvgIpc) is 3.06. The minimum atomic E-state index is -0.541. The van der Waals surface area contributed by atoms with Gasteiger partial charge in [0, 0.05) is 25.2 Å². The van der Waals surface area contributed by atoms with Gasteiger partial charge in [-0.2, -0.15) is 0 Å². The summed E-state index contributed by atoms with van der Waals surface area (Å²) < 4.78 is 11.3. The molecule has 2 N–H and O–H groups in total. The summed E-state index contributed by atoms with van der Waals surface area (Å²) in [6.45, 7) is 9.71. The van der Waals surface area contributed by atoms with Crippen molar-refractivity contribution in [2.24, 2.45) is 15.7 Å². The molecule has 0 unspecified atom stereocenters. The Morgan fingerprint density at radius 2 is 1.89 bits per heavy atom. The monoisotopic (exact) mass is 387 g/mol. The number of aliphatic imine (C=N–C) groups is 2. The van der Waals surface area contributed by atoms with Crippen molar-refractivity contribution < 1.29 is 14.3 Å². The Hall–Kier alpha value is -2.77. The molecule has 1 amide bonds. The highest BCUT2D eigenvalue weighted by Gasteiger charge is 2.28. The number of amidine groups is 1. The summed E-state index contributed by atoms with van der Waals surface area (Å²) in [6, 6.07) is 7.62. The number of guanidine groups is 1. The van der Waals surface area contributed by atoms with Crippen molar-refractivity contribution in [3.05, 3.63) is 29.8 Å². The van der Waals surface area contributed by atoms with E-state index < -0.39 is 5.60 Å². The normalized spacial score (nSPS) is 17.2. The number of rotatable bonds is 5. The number of nitrogens with two attached hydrogens (primary N) is 1. The van der Waals surface area contributed by atoms with Crippen LogP contribution in [0.5, 0.6) is 5.75 Å². The zero-order valence-corrected chi connectivity index (χ0v) is 16.9. The van der Waals surface area contributed by atoms with Crippen LogP contribution in [0, 0.1) is 0 Å². The highest BCUT2D eigenvalue weighted by molar-refractivity contribution is 6.06. The molecule has 0 spiro atoms. The van der Waals surface area contributed by atoms with Crippen LogP contribution in [0.25, 0.3) is 0 Å². The van der Waals surface area contributed by atoms with Crippen molar-refractivity contribution in [3.8, 4) is 5.75 Å². The lowest BCUT2D eigenvalue weighted by Gasteiger charge is -2.30. The largest absolute Gasteiger partial charge is 0.492 e. The SMILES string of the molecule is CC(C)(C)OC(=O)N1CCCN=C1c1ccc(OCCN2CCN=C2N)cc1. The number of hydrogen-bond donors (Lipinski definition) is 1. The van der Waals surface area contributed by atoms with E-state index >= 15 is 0 Å². The maximum absolute atomic E-state index is 12.5. The molecule has 28 heavy (non-hydrogen) atoms. The van der Waals surface area contributed by atoms with Gasteiger partial charge in [0.15, 0.2) is 5.96 Å². The van der Waals surface area contributed by atoms with Crippen LogP contribution < -0.4 is 10.5 Å². The molecule has 1 aromatic rings. The van der Waals surface area contributed by atoms with Crippen molar-refractivity contribution in [1.82, 2.24) is 9.80 Å². The Balaban J connectivity index is 1.60. The van der Waals surface area contributed by atoms with Crippen molar-refractivity contribution in [3.63, 3.8) is 0 Å². The summed E-state index contributed by atoms with van der Waals surface area (Å²) in [7, 11) is 0. The van der Waals surface area contributed by atoms with Gasteiger partial charge in [-0.3, -0.25) is 14.9 Å². The van der Waals surface area contributed by atoms with Gasteiger partial charge in [0.1, 0.15) is 23.8 Å². The van der Waals surface area contributed by atoms with Gasteiger partial charge in [-0.15, -0.1) is 0 Å². The number of ether oxygens (including phenoxy) is 2. The van der Waals surface area contributed by atoms with E-state index in [0.29, 0.717) is 38.0 Å². The number of benzene rings is 1. The van der Waals surface area contributed by atoms with Gasteiger partial charge in [-0.25, -0.2) is 4.79 Å². The molecule has 2 aliphatic rings. The van der Waals surface area contributed by atoms with Crippen LogP contribution in [0.2, 0.25) is 0 Å². The summed E-state index contributed by atoms with van der Waals surface area (Å²) in [5, 5.41) is 0. The van der Waals surface area contributed by atoms with Gasteiger partial charge >= 0.3 is 6.09 Å². The predicted octanol–water partition coefficient (Wildman–Crippen LogP) is 2.08. The minimum Gasteiger partial charge on any atom is -0.492 e. The molecule has 8 nitrogen and oxygen atoms in total. The molecule has 0 saturated heterocycles. The quantitative estimate of drug-likeness (QED) is 0.835. The first-order valence-electron chi connectivity index (χ1n) is 9.66. The van der Waals surface area contributed by atoms with Crippen LogP contribution >= 0.6 is 0 Å². The zero-order chi connectivity index (χ0) is 20.1. The summed E-state index contributed by atoms with van der Waals surface area (Å²) in [6.07, 6.45) is 0.462. The first-order valence-corrected chi connectivity index (χ1v) is 9.66. The van der Waals surface area contributed by atoms with Gasteiger partial charge < -0.3 is 20.1 Å². The highest BCUT2D eigenvalue weighted by Crippen LogP contribution is 2.19. The third-order valence-corrected chi connectivity index (χ3v) is 4.38. The van der Waals surface area contributed by atoms with Gasteiger partial charge in [0.2, 0.25) is 0 Å². The van der Waals surface area contributed by atoms with Gasteiger partial charge in [0.05, 0.1) is 13.1 Å². The lowest BCUT2D eigenvalue weighted by Crippen LogP contribution is -2.44. The van der Waals surface area contributed by atoms with Crippen molar-refractivity contribution in [1.29, 1.82) is 0 Å². The standard InChI is InChI=1S/C20H29N5O3/c1-20(2,3)28-19(26)25-11-4-9-22-17(25)15-5-7-16(8-6-15)27-14-13-24-12-10-23-18(24)21/h5-8H,4,9-14H2,1-3H3,(H2,21,23). The summed E-state index contributed by atoms with van der Waals surface area (Å²) >= 11 is 0. The van der Waals surface area contributed by atoms with Gasteiger partial charge in [0.25, 0.3) is 0 Å². The maximum atomic E-state index is 12.5. The van der Waals surface area contributed by atoms with E-state index in [9.17, 15) is 4.79 Å². The molecule has 8 heteroatoms. The van der Waals surface area contributed by atoms with E-state index in [1.54, 1.807) is 4.90 Å². The molecule has 0 radical (unpaired) electrons. The zero-order valence-electron chi connectivity index (χ0n) is 16.9. The molecule has 152 valence electrons. The number of amides is 1. The maximum Gasteiger partial charge on any atom is 0.416 e. The Morgan fingerprint density at radius 3 is 2.54 bits per heavy atom. The number of hydrogen-bond acceptors (Lipinski definition) is 7. The number of nitrogens with zero attached hydrogens (tertiary/aromatic N) is 4. The fraction of sp³-hybridized carbons (Fsp3) is 0.550. The third kappa shape index (κ3) is 5.15. The van der Waals surface area contributed by atoms with Crippen LogP contribution in [0.4, 0.5) is 4.79 Å². The molecule has 0 aromatic heterocycles. The van der Waals surface area contributed by atoms with Crippen molar-refractivity contribution in [2.75, 3.05) is 39.3 Å². The lowest BCUT2D eigenvalue weighted by atomic mass is 10.1. The molecule has 3 rings (SSSR count). The van der Waals surface area contributed by atoms with Crippen LogP contribution in [0.3, 0.4) is 0 Å². The van der Waals surface area contributed by atoms with Crippen LogP contribution in [-0.2, 0) is 4.74 Å². The molecule has 1 aromatic carbocycles. The van der Waals surface area contributed by atoms with E-state index in [0.717, 1.165) is 30.8 Å². The summed E-state index contributed by atoms with van der Waals surface area (Å²) in [5.41, 5.74) is 6.13. The molecule has 2 aliphatic heterocycles. The van der Waals surface area contributed by atoms with E-state index in [4.69, 9.17) is 15.2 Å². The van der Waals surface area contributed by atoms with E-state index in [-0.39, 0.29) is 6.09 Å². The fourth-order valence-electron chi connectivity index (χ4n) is 3.05. The smallest absolute Gasteiger partial charge is 0.416 e. The molecule has 0 aliphatic carbocycles. The number of carbonyl (C=O) groups excluding carboxylic acids is 1. The Bertz CT molecular complexity index is 752. The second-order valence-corrected chi connectivity index (χ2v) is 7.79. The average molecular weight is 387 g/mol. The summed E-state index contributed by atoms with van der Waals surface area (Å²) in [4.78, 5) is 24.9. The molecular formula is C20H29N5O3. The molecule has 0 bridgehead atoms. The number of carbonyl (C=O) groups is 1. The van der Waals surface area contributed by atoms with Crippen LogP contribution in [0.1, 0.15) is 32.8 Å². The van der Waals surface area contributed by atoms with Gasteiger partial charge in [-0.05, 0) is 51.5 Å². The minimum absolute atomic E-state index is 0.365. The Labute approximate surface area is 166 Å². The van der Waals surface area contributed by atoms with Crippen LogP contribution in [-0.4, -0.2) is 72.6 Å². The fourth-order valence-corrected chi connectivity index (χ4v) is 3.05. The molecule has 0 saturated carbocycles. The van der Waals surface area contributed by atoms with E-state index in [1.807, 2.05) is 49.9 Å². The Morgan fingerprint density at radius 1 is 1.14 bits per heavy atom. The van der Waals surface area contributed by atoms with Crippen molar-refractivity contribution >= 4 is 17.9 Å². The highest BCUT2D eigenvalue weighted by atomic mass is 16.6. The van der Waals surface area contributed by atoms with Gasteiger partial charge in [-0.1, -0.05) is 0 Å². The first kappa shape index (κ1) is 20.0. The third-order valence-electron chi connectivity index (χ3n) is 4.38. The molecular weight excluding hydrogens is 358 g/mol. The van der Waals surface area contributed by atoms with Crippen molar-refractivity contribution in [2.45, 2.75) is 32.8 Å². The molecule has 2 heterocycles. The Kier molecular flexibility index (Phi) is 6.06. The molecule has 0 fully saturated rings. The molecule has 0 atom stereocenters. The first-order chi connectivity index (χ1) is 13.3. The second-order valence-electron chi connectivity index (χ2n) is 7.79. The summed E-state index contributed by atoms with van der Waals surface area (Å²) in [5.74, 6) is 1.99. The lowest BCUT2D eigenvalue weighted by molar-refractivity contribution is 0.0364. The van der Waals surface area contributed by atoms with Crippen LogP contribution in [0.15, 0.2) is 34.3 Å². The topological polar surface area (TPSA) is 92.7 Å². The second kappa shape index (κ2) is 8.50.